The molecular weight excluding hydrogens is 323 g/mol. The van der Waals surface area contributed by atoms with Gasteiger partial charge in [-0.05, 0) is 0 Å². The monoisotopic (exact) mass is 334 g/mol. The molecule has 1 N–H and O–H groups in total. The Labute approximate surface area is 124 Å². The van der Waals surface area contributed by atoms with E-state index in [2.05, 4.69) is 9.97 Å². The van der Waals surface area contributed by atoms with E-state index in [0.29, 0.717) is 11.8 Å². The minimum atomic E-state index is -4.54. The molecule has 0 radical (unpaired) electrons. The van der Waals surface area contributed by atoms with Gasteiger partial charge in [0.25, 0.3) is 10.1 Å². The molecule has 22 heavy (non-hydrogen) atoms. The van der Waals surface area contributed by atoms with E-state index in [1.807, 2.05) is 0 Å². The molecular formula is C12H11F3N3O3S+. The minimum absolute atomic E-state index is 0.0534. The summed E-state index contributed by atoms with van der Waals surface area (Å²) in [6.45, 7) is 0.0534. The number of aryl methyl sites for hydroxylation is 1. The molecule has 2 rings (SSSR count). The zero-order valence-electron chi connectivity index (χ0n) is 11.0. The average Bonchev–Trinajstić information content (AvgIpc) is 2.44. The molecule has 0 aliphatic carbocycles. The van der Waals surface area contributed by atoms with Crippen molar-refractivity contribution < 1.29 is 30.7 Å². The van der Waals surface area contributed by atoms with Gasteiger partial charge in [0.1, 0.15) is 5.75 Å². The molecule has 2 aromatic heterocycles. The second-order valence-corrected chi connectivity index (χ2v) is 5.97. The summed E-state index contributed by atoms with van der Waals surface area (Å²) in [4.78, 5) is 7.01. The molecule has 0 saturated carbocycles. The van der Waals surface area contributed by atoms with Crippen LogP contribution in [0.1, 0.15) is 5.69 Å². The molecule has 10 heteroatoms. The third-order valence-electron chi connectivity index (χ3n) is 2.74. The summed E-state index contributed by atoms with van der Waals surface area (Å²) in [6, 6.07) is 3.11. The molecule has 0 aromatic carbocycles. The van der Waals surface area contributed by atoms with Crippen molar-refractivity contribution in [3.05, 3.63) is 42.6 Å². The van der Waals surface area contributed by atoms with E-state index in [0.717, 1.165) is 6.20 Å². The molecule has 0 bridgehead atoms. The highest BCUT2D eigenvalue weighted by Gasteiger charge is 2.32. The van der Waals surface area contributed by atoms with Crippen molar-refractivity contribution in [1.29, 1.82) is 0 Å². The van der Waals surface area contributed by atoms with Gasteiger partial charge in [-0.2, -0.15) is 21.6 Å². The quantitative estimate of drug-likeness (QED) is 0.674. The van der Waals surface area contributed by atoms with Gasteiger partial charge in [-0.25, -0.2) is 9.55 Å². The van der Waals surface area contributed by atoms with E-state index in [9.17, 15) is 21.6 Å². The van der Waals surface area contributed by atoms with Gasteiger partial charge in [-0.15, -0.1) is 0 Å². The maximum atomic E-state index is 12.4. The molecule has 0 aliphatic rings. The molecule has 118 valence electrons. The molecule has 0 aliphatic heterocycles. The second-order valence-electron chi connectivity index (χ2n) is 4.40. The summed E-state index contributed by atoms with van der Waals surface area (Å²) in [5, 5.41) is 0. The van der Waals surface area contributed by atoms with E-state index in [1.54, 1.807) is 12.1 Å². The van der Waals surface area contributed by atoms with Crippen molar-refractivity contribution >= 4 is 10.1 Å². The Bertz CT molecular complexity index is 744. The highest BCUT2D eigenvalue weighted by Crippen LogP contribution is 2.27. The summed E-state index contributed by atoms with van der Waals surface area (Å²) in [7, 11) is -4.05. The molecule has 6 nitrogen and oxygen atoms in total. The van der Waals surface area contributed by atoms with Gasteiger partial charge in [0.05, 0.1) is 18.1 Å². The van der Waals surface area contributed by atoms with Crippen LogP contribution >= 0.6 is 0 Å². The van der Waals surface area contributed by atoms with Gasteiger partial charge in [0, 0.05) is 17.7 Å². The Hall–Kier alpha value is -2.07. The number of hydrogen-bond acceptors (Lipinski definition) is 4. The zero-order valence-corrected chi connectivity index (χ0v) is 11.8. The van der Waals surface area contributed by atoms with Crippen molar-refractivity contribution in [3.8, 4) is 11.3 Å². The Morgan fingerprint density at radius 2 is 1.77 bits per heavy atom. The maximum absolute atomic E-state index is 12.4. The molecule has 0 spiro atoms. The van der Waals surface area contributed by atoms with Crippen LogP contribution in [0, 0.1) is 0 Å². The topological polar surface area (TPSA) is 84.0 Å². The molecule has 0 saturated heterocycles. The lowest BCUT2D eigenvalue weighted by Crippen LogP contribution is -2.36. The van der Waals surface area contributed by atoms with Crippen LogP contribution in [0.5, 0.6) is 0 Å². The van der Waals surface area contributed by atoms with Gasteiger partial charge in [-0.3, -0.25) is 9.54 Å². The normalized spacial score (nSPS) is 12.4. The van der Waals surface area contributed by atoms with Gasteiger partial charge >= 0.3 is 6.18 Å². The fourth-order valence-corrected chi connectivity index (χ4v) is 2.06. The maximum Gasteiger partial charge on any atom is 0.434 e. The zero-order chi connectivity index (χ0) is 16.4. The molecule has 0 atom stereocenters. The lowest BCUT2D eigenvalue weighted by Gasteiger charge is -2.05. The average molecular weight is 334 g/mol. The SMILES string of the molecule is O=S(=O)(O)CC[n+]1ccc(-c2cnc(C(F)(F)F)cn2)cc1. The van der Waals surface area contributed by atoms with Crippen molar-refractivity contribution in [2.24, 2.45) is 0 Å². The van der Waals surface area contributed by atoms with Crippen LogP contribution in [0.3, 0.4) is 0 Å². The minimum Gasteiger partial charge on any atom is -0.285 e. The van der Waals surface area contributed by atoms with E-state index >= 15 is 0 Å². The number of rotatable bonds is 4. The van der Waals surface area contributed by atoms with E-state index in [1.165, 1.54) is 17.0 Å². The third-order valence-corrected chi connectivity index (χ3v) is 3.44. The molecule has 0 unspecified atom stereocenters. The predicted octanol–water partition coefficient (Wildman–Crippen LogP) is 1.34. The van der Waals surface area contributed by atoms with Crippen molar-refractivity contribution in [1.82, 2.24) is 9.97 Å². The van der Waals surface area contributed by atoms with Crippen LogP contribution < -0.4 is 4.57 Å². The van der Waals surface area contributed by atoms with Crippen LogP contribution in [0.2, 0.25) is 0 Å². The largest absolute Gasteiger partial charge is 0.434 e. The Balaban J connectivity index is 2.13. The second kappa shape index (κ2) is 5.97. The van der Waals surface area contributed by atoms with E-state index in [-0.39, 0.29) is 12.2 Å². The van der Waals surface area contributed by atoms with E-state index < -0.39 is 27.7 Å². The van der Waals surface area contributed by atoms with Crippen LogP contribution in [0.4, 0.5) is 13.2 Å². The van der Waals surface area contributed by atoms with E-state index in [4.69, 9.17) is 4.55 Å². The summed E-state index contributed by atoms with van der Waals surface area (Å²) >= 11 is 0. The first-order chi connectivity index (χ1) is 10.1. The summed E-state index contributed by atoms with van der Waals surface area (Å²) in [5.41, 5.74) is -0.283. The fraction of sp³-hybridized carbons (Fsp3) is 0.250. The van der Waals surface area contributed by atoms with Crippen LogP contribution in [-0.4, -0.2) is 28.7 Å². The Morgan fingerprint density at radius 3 is 2.23 bits per heavy atom. The first kappa shape index (κ1) is 16.3. The van der Waals surface area contributed by atoms with Gasteiger partial charge in [0.2, 0.25) is 0 Å². The summed E-state index contributed by atoms with van der Waals surface area (Å²) in [6.07, 6.45) is 0.177. The smallest absolute Gasteiger partial charge is 0.285 e. The number of halogens is 3. The number of nitrogens with zero attached hydrogens (tertiary/aromatic N) is 3. The fourth-order valence-electron chi connectivity index (χ4n) is 1.62. The van der Waals surface area contributed by atoms with Crippen molar-refractivity contribution in [3.63, 3.8) is 0 Å². The number of pyridine rings is 1. The molecule has 2 aromatic rings. The van der Waals surface area contributed by atoms with Gasteiger partial charge < -0.3 is 0 Å². The van der Waals surface area contributed by atoms with Gasteiger partial charge in [0.15, 0.2) is 24.6 Å². The van der Waals surface area contributed by atoms with Crippen LogP contribution in [0.15, 0.2) is 36.9 Å². The Morgan fingerprint density at radius 1 is 1.14 bits per heavy atom. The lowest BCUT2D eigenvalue weighted by atomic mass is 10.2. The number of hydrogen-bond donors (Lipinski definition) is 1. The summed E-state index contributed by atoms with van der Waals surface area (Å²) in [5.74, 6) is -0.433. The third kappa shape index (κ3) is 4.46. The van der Waals surface area contributed by atoms with Crippen molar-refractivity contribution in [2.75, 3.05) is 5.75 Å². The first-order valence-electron chi connectivity index (χ1n) is 5.99. The molecule has 2 heterocycles. The first-order valence-corrected chi connectivity index (χ1v) is 7.60. The van der Waals surface area contributed by atoms with Crippen LogP contribution in [0.25, 0.3) is 11.3 Å². The van der Waals surface area contributed by atoms with Crippen molar-refractivity contribution in [2.45, 2.75) is 12.7 Å². The number of alkyl halides is 3. The van der Waals surface area contributed by atoms with Gasteiger partial charge in [-0.1, -0.05) is 0 Å². The standard InChI is InChI=1S/C12H10F3N3O3S/c13-12(14,15)11-8-16-10(7-17-11)9-1-3-18(4-2-9)5-6-22(19,20)21/h1-4,7-8H,5-6H2/p+1. The Kier molecular flexibility index (Phi) is 4.42. The summed E-state index contributed by atoms with van der Waals surface area (Å²) < 4.78 is 68.6. The van der Waals surface area contributed by atoms with Crippen LogP contribution in [-0.2, 0) is 22.8 Å². The molecule has 0 amide bonds. The molecule has 0 fully saturated rings. The number of aromatic nitrogens is 3. The highest BCUT2D eigenvalue weighted by molar-refractivity contribution is 7.85. The predicted molar refractivity (Wildman–Crippen MR) is 69.1 cm³/mol. The highest BCUT2D eigenvalue weighted by atomic mass is 32.2. The lowest BCUT2D eigenvalue weighted by molar-refractivity contribution is -0.692.